The maximum Gasteiger partial charge on any atom is 0.0417 e. The van der Waals surface area contributed by atoms with E-state index in [0.29, 0.717) is 0 Å². The Hall–Kier alpha value is -0.990. The molecule has 0 spiro atoms. The molecule has 0 radical (unpaired) electrons. The number of rotatable bonds is 3. The van der Waals surface area contributed by atoms with E-state index in [1.54, 1.807) is 0 Å². The molecule has 2 aromatic rings. The Morgan fingerprint density at radius 2 is 1.89 bits per heavy atom. The van der Waals surface area contributed by atoms with E-state index in [9.17, 15) is 0 Å². The van der Waals surface area contributed by atoms with Crippen LogP contribution in [0.2, 0.25) is 5.02 Å². The van der Waals surface area contributed by atoms with Gasteiger partial charge in [-0.1, -0.05) is 45.7 Å². The van der Waals surface area contributed by atoms with Gasteiger partial charge in [-0.15, -0.1) is 0 Å². The highest BCUT2D eigenvalue weighted by molar-refractivity contribution is 9.10. The number of anilines is 1. The summed E-state index contributed by atoms with van der Waals surface area (Å²) in [5.74, 6) is 0. The van der Waals surface area contributed by atoms with Crippen LogP contribution >= 0.6 is 27.5 Å². The van der Waals surface area contributed by atoms with Gasteiger partial charge in [0.2, 0.25) is 0 Å². The molecule has 0 fully saturated rings. The summed E-state index contributed by atoms with van der Waals surface area (Å²) < 4.78 is 1.04. The van der Waals surface area contributed by atoms with E-state index in [1.165, 1.54) is 22.4 Å². The van der Waals surface area contributed by atoms with Crippen molar-refractivity contribution in [2.45, 2.75) is 20.4 Å². The molecule has 0 aromatic heterocycles. The van der Waals surface area contributed by atoms with E-state index in [1.807, 2.05) is 18.2 Å². The van der Waals surface area contributed by atoms with Crippen LogP contribution < -0.4 is 5.32 Å². The fourth-order valence-corrected chi connectivity index (χ4v) is 2.60. The molecule has 1 nitrogen and oxygen atoms in total. The fraction of sp³-hybridized carbons (Fsp3) is 0.200. The van der Waals surface area contributed by atoms with Crippen LogP contribution in [0.5, 0.6) is 0 Å². The first-order valence-electron chi connectivity index (χ1n) is 5.81. The van der Waals surface area contributed by atoms with Crippen molar-refractivity contribution in [2.24, 2.45) is 0 Å². The van der Waals surface area contributed by atoms with Gasteiger partial charge in [0.1, 0.15) is 0 Å². The fourth-order valence-electron chi connectivity index (χ4n) is 1.78. The first kappa shape index (κ1) is 13.4. The van der Waals surface area contributed by atoms with Gasteiger partial charge < -0.3 is 5.32 Å². The van der Waals surface area contributed by atoms with Crippen LogP contribution in [-0.4, -0.2) is 0 Å². The van der Waals surface area contributed by atoms with Gasteiger partial charge in [0.15, 0.2) is 0 Å². The monoisotopic (exact) mass is 323 g/mol. The summed E-state index contributed by atoms with van der Waals surface area (Å²) in [6, 6.07) is 12.3. The molecule has 2 aromatic carbocycles. The van der Waals surface area contributed by atoms with Crippen molar-refractivity contribution < 1.29 is 0 Å². The quantitative estimate of drug-likeness (QED) is 0.804. The molecule has 0 saturated carbocycles. The maximum absolute atomic E-state index is 5.93. The normalized spacial score (nSPS) is 10.4. The Morgan fingerprint density at radius 1 is 1.11 bits per heavy atom. The lowest BCUT2D eigenvalue weighted by atomic mass is 10.1. The molecule has 0 unspecified atom stereocenters. The van der Waals surface area contributed by atoms with E-state index < -0.39 is 0 Å². The SMILES string of the molecule is Cc1ccc(C)c(NCc2ccc(Cl)cc2Br)c1. The molecule has 0 amide bonds. The van der Waals surface area contributed by atoms with Crippen molar-refractivity contribution in [1.82, 2.24) is 0 Å². The second-order valence-electron chi connectivity index (χ2n) is 4.41. The number of halogens is 2. The van der Waals surface area contributed by atoms with Crippen LogP contribution in [0.4, 0.5) is 5.69 Å². The lowest BCUT2D eigenvalue weighted by Crippen LogP contribution is -2.02. The van der Waals surface area contributed by atoms with Gasteiger partial charge in [-0.05, 0) is 48.7 Å². The first-order chi connectivity index (χ1) is 8.56. The first-order valence-corrected chi connectivity index (χ1v) is 6.98. The predicted octanol–water partition coefficient (Wildman–Crippen LogP) is 5.33. The van der Waals surface area contributed by atoms with Crippen molar-refractivity contribution in [3.8, 4) is 0 Å². The van der Waals surface area contributed by atoms with Gasteiger partial charge >= 0.3 is 0 Å². The van der Waals surface area contributed by atoms with E-state index in [0.717, 1.165) is 16.0 Å². The van der Waals surface area contributed by atoms with Gasteiger partial charge in [0.05, 0.1) is 0 Å². The minimum atomic E-state index is 0.748. The molecule has 0 aliphatic carbocycles. The summed E-state index contributed by atoms with van der Waals surface area (Å²) in [5.41, 5.74) is 4.89. The topological polar surface area (TPSA) is 12.0 Å². The summed E-state index contributed by atoms with van der Waals surface area (Å²) in [7, 11) is 0. The van der Waals surface area contributed by atoms with Crippen LogP contribution in [-0.2, 0) is 6.54 Å². The Kier molecular flexibility index (Phi) is 4.31. The number of hydrogen-bond donors (Lipinski definition) is 1. The Bertz CT molecular complexity index is 566. The zero-order chi connectivity index (χ0) is 13.1. The highest BCUT2D eigenvalue weighted by atomic mass is 79.9. The molecule has 1 N–H and O–H groups in total. The lowest BCUT2D eigenvalue weighted by Gasteiger charge is -2.11. The Labute approximate surface area is 121 Å². The van der Waals surface area contributed by atoms with E-state index in [2.05, 4.69) is 53.3 Å². The molecule has 94 valence electrons. The minimum absolute atomic E-state index is 0.748. The van der Waals surface area contributed by atoms with Crippen molar-refractivity contribution in [3.05, 3.63) is 62.6 Å². The van der Waals surface area contributed by atoms with Gasteiger partial charge in [0, 0.05) is 21.7 Å². The maximum atomic E-state index is 5.93. The van der Waals surface area contributed by atoms with Crippen molar-refractivity contribution >= 4 is 33.2 Å². The molecule has 3 heteroatoms. The second kappa shape index (κ2) is 5.77. The average molecular weight is 325 g/mol. The van der Waals surface area contributed by atoms with Crippen LogP contribution in [0, 0.1) is 13.8 Å². The van der Waals surface area contributed by atoms with Crippen LogP contribution in [0.1, 0.15) is 16.7 Å². The zero-order valence-electron chi connectivity index (χ0n) is 10.4. The summed E-state index contributed by atoms with van der Waals surface area (Å²) in [4.78, 5) is 0. The van der Waals surface area contributed by atoms with Gasteiger partial charge in [-0.2, -0.15) is 0 Å². The van der Waals surface area contributed by atoms with E-state index in [4.69, 9.17) is 11.6 Å². The Balaban J connectivity index is 2.13. The van der Waals surface area contributed by atoms with Crippen molar-refractivity contribution in [1.29, 1.82) is 0 Å². The third-order valence-corrected chi connectivity index (χ3v) is 3.85. The standard InChI is InChI=1S/C15H15BrClN/c1-10-3-4-11(2)15(7-10)18-9-12-5-6-13(17)8-14(12)16/h3-8,18H,9H2,1-2H3. The number of nitrogens with one attached hydrogen (secondary N) is 1. The van der Waals surface area contributed by atoms with Crippen molar-refractivity contribution in [2.75, 3.05) is 5.32 Å². The van der Waals surface area contributed by atoms with Gasteiger partial charge in [-0.25, -0.2) is 0 Å². The lowest BCUT2D eigenvalue weighted by molar-refractivity contribution is 1.13. The summed E-state index contributed by atoms with van der Waals surface area (Å²) >= 11 is 9.46. The highest BCUT2D eigenvalue weighted by Crippen LogP contribution is 2.23. The third-order valence-electron chi connectivity index (χ3n) is 2.88. The van der Waals surface area contributed by atoms with Crippen molar-refractivity contribution in [3.63, 3.8) is 0 Å². The second-order valence-corrected chi connectivity index (χ2v) is 5.70. The molecule has 0 aliphatic heterocycles. The van der Waals surface area contributed by atoms with Crippen LogP contribution in [0.15, 0.2) is 40.9 Å². The zero-order valence-corrected chi connectivity index (χ0v) is 12.8. The number of hydrogen-bond acceptors (Lipinski definition) is 1. The summed E-state index contributed by atoms with van der Waals surface area (Å²) in [6.45, 7) is 4.99. The molecule has 0 saturated heterocycles. The van der Waals surface area contributed by atoms with Gasteiger partial charge in [-0.3, -0.25) is 0 Å². The van der Waals surface area contributed by atoms with Crippen LogP contribution in [0.3, 0.4) is 0 Å². The molecule has 18 heavy (non-hydrogen) atoms. The smallest absolute Gasteiger partial charge is 0.0417 e. The minimum Gasteiger partial charge on any atom is -0.381 e. The molecule has 0 bridgehead atoms. The molecule has 0 atom stereocenters. The molecule has 0 heterocycles. The van der Waals surface area contributed by atoms with E-state index in [-0.39, 0.29) is 0 Å². The van der Waals surface area contributed by atoms with E-state index >= 15 is 0 Å². The summed E-state index contributed by atoms with van der Waals surface area (Å²) in [5, 5.41) is 4.20. The average Bonchev–Trinajstić information content (AvgIpc) is 2.32. The third kappa shape index (κ3) is 3.27. The molecular formula is C15H15BrClN. The number of aryl methyl sites for hydroxylation is 2. The molecular weight excluding hydrogens is 310 g/mol. The summed E-state index contributed by atoms with van der Waals surface area (Å²) in [6.07, 6.45) is 0. The van der Waals surface area contributed by atoms with Gasteiger partial charge in [0.25, 0.3) is 0 Å². The molecule has 0 aliphatic rings. The Morgan fingerprint density at radius 3 is 2.61 bits per heavy atom. The molecule has 2 rings (SSSR count). The predicted molar refractivity (Wildman–Crippen MR) is 82.4 cm³/mol. The largest absolute Gasteiger partial charge is 0.381 e. The number of benzene rings is 2. The highest BCUT2D eigenvalue weighted by Gasteiger charge is 2.02. The van der Waals surface area contributed by atoms with Crippen LogP contribution in [0.25, 0.3) is 0 Å².